The molecule has 0 unspecified atom stereocenters. The zero-order valence-corrected chi connectivity index (χ0v) is 11.5. The molecule has 4 nitrogen and oxygen atoms in total. The molecule has 1 aromatic carbocycles. The highest BCUT2D eigenvalue weighted by Crippen LogP contribution is 2.18. The van der Waals surface area contributed by atoms with E-state index in [1.165, 1.54) is 12.4 Å². The second-order valence-corrected chi connectivity index (χ2v) is 4.54. The number of nitrogens with zero attached hydrogens (tertiary/aromatic N) is 2. The fourth-order valence-electron chi connectivity index (χ4n) is 1.95. The number of methoxy groups -OCH3 is 1. The minimum atomic E-state index is -4.25. The van der Waals surface area contributed by atoms with E-state index in [0.717, 1.165) is 15.9 Å². The molecule has 7 heteroatoms. The molecule has 0 aliphatic heterocycles. The molecule has 0 atom stereocenters. The van der Waals surface area contributed by atoms with Crippen molar-refractivity contribution in [3.8, 4) is 5.75 Å². The maximum atomic E-state index is 12.4. The number of nitrogens with one attached hydrogen (secondary N) is 1. The van der Waals surface area contributed by atoms with Gasteiger partial charge in [0, 0.05) is 18.9 Å². The molecule has 0 radical (unpaired) electrons. The maximum absolute atomic E-state index is 12.4. The summed E-state index contributed by atoms with van der Waals surface area (Å²) >= 11 is 0. The van der Waals surface area contributed by atoms with Crippen molar-refractivity contribution in [1.82, 2.24) is 14.9 Å². The predicted octanol–water partition coefficient (Wildman–Crippen LogP) is 2.74. The molecule has 2 rings (SSSR count). The van der Waals surface area contributed by atoms with Crippen LogP contribution in [-0.4, -0.2) is 22.8 Å². The lowest BCUT2D eigenvalue weighted by Crippen LogP contribution is -2.22. The average Bonchev–Trinajstić information content (AvgIpc) is 2.84. The Bertz CT molecular complexity index is 581. The van der Waals surface area contributed by atoms with Crippen molar-refractivity contribution in [1.29, 1.82) is 0 Å². The van der Waals surface area contributed by atoms with E-state index in [1.807, 2.05) is 24.3 Å². The van der Waals surface area contributed by atoms with Gasteiger partial charge < -0.3 is 14.6 Å². The van der Waals surface area contributed by atoms with Crippen LogP contribution in [0.2, 0.25) is 0 Å². The van der Waals surface area contributed by atoms with Gasteiger partial charge in [-0.05, 0) is 17.7 Å². The molecule has 0 aliphatic rings. The molecule has 0 saturated heterocycles. The number of alkyl halides is 3. The summed E-state index contributed by atoms with van der Waals surface area (Å²) in [4.78, 5) is 3.94. The van der Waals surface area contributed by atoms with Crippen LogP contribution in [0.25, 0.3) is 0 Å². The van der Waals surface area contributed by atoms with Crippen molar-refractivity contribution in [3.05, 3.63) is 48.0 Å². The van der Waals surface area contributed by atoms with E-state index < -0.39 is 12.7 Å². The smallest absolute Gasteiger partial charge is 0.406 e. The minimum absolute atomic E-state index is 0.264. The summed E-state index contributed by atoms with van der Waals surface area (Å²) < 4.78 is 43.4. The number of aromatic nitrogens is 2. The Kier molecular flexibility index (Phi) is 4.85. The number of rotatable bonds is 6. The average molecular weight is 299 g/mol. The molecule has 1 aromatic heterocycles. The minimum Gasteiger partial charge on any atom is -0.497 e. The van der Waals surface area contributed by atoms with Crippen LogP contribution in [0.5, 0.6) is 5.75 Å². The topological polar surface area (TPSA) is 39.1 Å². The Labute approximate surface area is 120 Å². The fourth-order valence-corrected chi connectivity index (χ4v) is 1.95. The third-order valence-corrected chi connectivity index (χ3v) is 2.90. The summed E-state index contributed by atoms with van der Waals surface area (Å²) in [5, 5.41) is 3.08. The molecular formula is C14H16F3N3O. The van der Waals surface area contributed by atoms with Gasteiger partial charge in [0.2, 0.25) is 0 Å². The van der Waals surface area contributed by atoms with Gasteiger partial charge in [-0.3, -0.25) is 0 Å². The highest BCUT2D eigenvalue weighted by Gasteiger charge is 2.28. The molecular weight excluding hydrogens is 283 g/mol. The van der Waals surface area contributed by atoms with Crippen LogP contribution in [0.15, 0.2) is 36.7 Å². The largest absolute Gasteiger partial charge is 0.497 e. The van der Waals surface area contributed by atoms with Crippen molar-refractivity contribution >= 4 is 0 Å². The summed E-state index contributed by atoms with van der Waals surface area (Å²) in [6, 6.07) is 7.48. The summed E-state index contributed by atoms with van der Waals surface area (Å²) in [6.07, 6.45) is -1.55. The van der Waals surface area contributed by atoms with E-state index in [9.17, 15) is 13.2 Å². The van der Waals surface area contributed by atoms with Gasteiger partial charge in [0.1, 0.15) is 18.1 Å². The molecule has 0 aliphatic carbocycles. The molecule has 0 saturated carbocycles. The van der Waals surface area contributed by atoms with E-state index >= 15 is 0 Å². The Hall–Kier alpha value is -2.02. The Morgan fingerprint density at radius 2 is 2.10 bits per heavy atom. The van der Waals surface area contributed by atoms with Gasteiger partial charge >= 0.3 is 6.18 Å². The predicted molar refractivity (Wildman–Crippen MR) is 71.8 cm³/mol. The number of halogens is 3. The second kappa shape index (κ2) is 6.62. The summed E-state index contributed by atoms with van der Waals surface area (Å²) in [6.45, 7) is -0.237. The quantitative estimate of drug-likeness (QED) is 0.891. The second-order valence-electron chi connectivity index (χ2n) is 4.54. The van der Waals surface area contributed by atoms with Crippen LogP contribution in [0.3, 0.4) is 0 Å². The SMILES string of the molecule is COc1cccc(CNCc2nccn2CC(F)(F)F)c1. The van der Waals surface area contributed by atoms with Gasteiger partial charge in [0.25, 0.3) is 0 Å². The normalized spacial score (nSPS) is 11.6. The molecule has 1 N–H and O–H groups in total. The first-order valence-electron chi connectivity index (χ1n) is 6.38. The molecule has 21 heavy (non-hydrogen) atoms. The molecule has 114 valence electrons. The highest BCUT2D eigenvalue weighted by molar-refractivity contribution is 5.28. The van der Waals surface area contributed by atoms with E-state index in [2.05, 4.69) is 10.3 Å². The molecule has 2 aromatic rings. The van der Waals surface area contributed by atoms with E-state index in [4.69, 9.17) is 4.74 Å². The van der Waals surface area contributed by atoms with Crippen LogP contribution in [0, 0.1) is 0 Å². The van der Waals surface area contributed by atoms with Crippen molar-refractivity contribution in [2.75, 3.05) is 7.11 Å². The molecule has 0 fully saturated rings. The van der Waals surface area contributed by atoms with Crippen molar-refractivity contribution in [2.24, 2.45) is 0 Å². The maximum Gasteiger partial charge on any atom is 0.406 e. The number of ether oxygens (including phenoxy) is 1. The van der Waals surface area contributed by atoms with E-state index in [1.54, 1.807) is 7.11 Å². The molecule has 0 amide bonds. The lowest BCUT2D eigenvalue weighted by Gasteiger charge is -2.11. The van der Waals surface area contributed by atoms with E-state index in [0.29, 0.717) is 12.4 Å². The third kappa shape index (κ3) is 4.78. The summed E-state index contributed by atoms with van der Waals surface area (Å²) in [7, 11) is 1.58. The Morgan fingerprint density at radius 1 is 1.29 bits per heavy atom. The Balaban J connectivity index is 1.90. The van der Waals surface area contributed by atoms with Gasteiger partial charge in [-0.25, -0.2) is 4.98 Å². The standard InChI is InChI=1S/C14H16F3N3O/c1-21-12-4-2-3-11(7-12)8-18-9-13-19-5-6-20(13)10-14(15,16)17/h2-7,18H,8-10H2,1H3. The highest BCUT2D eigenvalue weighted by atomic mass is 19.4. The summed E-state index contributed by atoms with van der Waals surface area (Å²) in [5.74, 6) is 1.10. The van der Waals surface area contributed by atoms with Crippen LogP contribution in [0.1, 0.15) is 11.4 Å². The molecule has 0 bridgehead atoms. The van der Waals surface area contributed by atoms with Crippen LogP contribution in [-0.2, 0) is 19.6 Å². The lowest BCUT2D eigenvalue weighted by atomic mass is 10.2. The van der Waals surface area contributed by atoms with Crippen molar-refractivity contribution < 1.29 is 17.9 Å². The molecule has 1 heterocycles. The zero-order valence-electron chi connectivity index (χ0n) is 11.5. The van der Waals surface area contributed by atoms with Gasteiger partial charge in [-0.15, -0.1) is 0 Å². The lowest BCUT2D eigenvalue weighted by molar-refractivity contribution is -0.141. The van der Waals surface area contributed by atoms with Crippen LogP contribution >= 0.6 is 0 Å². The number of imidazole rings is 1. The van der Waals surface area contributed by atoms with Crippen LogP contribution < -0.4 is 10.1 Å². The Morgan fingerprint density at radius 3 is 2.81 bits per heavy atom. The number of hydrogen-bond acceptors (Lipinski definition) is 3. The summed E-state index contributed by atoms with van der Waals surface area (Å²) in [5.41, 5.74) is 0.989. The first-order chi connectivity index (χ1) is 9.98. The number of hydrogen-bond donors (Lipinski definition) is 1. The van der Waals surface area contributed by atoms with Gasteiger partial charge in [0.15, 0.2) is 0 Å². The number of benzene rings is 1. The van der Waals surface area contributed by atoms with Gasteiger partial charge in [-0.2, -0.15) is 13.2 Å². The van der Waals surface area contributed by atoms with Crippen molar-refractivity contribution in [3.63, 3.8) is 0 Å². The first kappa shape index (κ1) is 15.4. The monoisotopic (exact) mass is 299 g/mol. The fraction of sp³-hybridized carbons (Fsp3) is 0.357. The van der Waals surface area contributed by atoms with E-state index in [-0.39, 0.29) is 6.54 Å². The third-order valence-electron chi connectivity index (χ3n) is 2.90. The first-order valence-corrected chi connectivity index (χ1v) is 6.38. The van der Waals surface area contributed by atoms with Crippen molar-refractivity contribution in [2.45, 2.75) is 25.8 Å². The zero-order chi connectivity index (χ0) is 15.3. The van der Waals surface area contributed by atoms with Gasteiger partial charge in [-0.1, -0.05) is 12.1 Å². The van der Waals surface area contributed by atoms with Crippen LogP contribution in [0.4, 0.5) is 13.2 Å². The van der Waals surface area contributed by atoms with Gasteiger partial charge in [0.05, 0.1) is 13.7 Å². The molecule has 0 spiro atoms.